The van der Waals surface area contributed by atoms with Crippen LogP contribution in [0.25, 0.3) is 0 Å². The van der Waals surface area contributed by atoms with Crippen molar-refractivity contribution >= 4 is 5.69 Å². The standard InChI is InChI=1S/C18H28FNO/c1-5-21-17-11-10-13(12-15(17)19)20-16-9-7-6-8-14(16)18(2,3)4/h10-12,14,16,20H,5-9H2,1-4H3. The van der Waals surface area contributed by atoms with Crippen molar-refractivity contribution in [2.45, 2.75) is 59.4 Å². The normalized spacial score (nSPS) is 22.9. The molecule has 1 aromatic carbocycles. The van der Waals surface area contributed by atoms with Gasteiger partial charge in [-0.15, -0.1) is 0 Å². The molecule has 1 N–H and O–H groups in total. The SMILES string of the molecule is CCOc1ccc(NC2CCCCC2C(C)(C)C)cc1F. The number of rotatable bonds is 4. The fraction of sp³-hybridized carbons (Fsp3) is 0.667. The van der Waals surface area contributed by atoms with Crippen molar-refractivity contribution < 1.29 is 9.13 Å². The number of hydrogen-bond donors (Lipinski definition) is 1. The number of halogens is 1. The van der Waals surface area contributed by atoms with E-state index in [0.717, 1.165) is 12.1 Å². The van der Waals surface area contributed by atoms with Gasteiger partial charge in [0.25, 0.3) is 0 Å². The van der Waals surface area contributed by atoms with E-state index in [2.05, 4.69) is 26.1 Å². The minimum atomic E-state index is -0.287. The maximum atomic E-state index is 14.0. The monoisotopic (exact) mass is 293 g/mol. The summed E-state index contributed by atoms with van der Waals surface area (Å²) in [5, 5.41) is 3.55. The summed E-state index contributed by atoms with van der Waals surface area (Å²) in [6.45, 7) is 9.25. The first-order valence-corrected chi connectivity index (χ1v) is 8.10. The van der Waals surface area contributed by atoms with Crippen molar-refractivity contribution in [2.75, 3.05) is 11.9 Å². The molecule has 0 saturated heterocycles. The van der Waals surface area contributed by atoms with Crippen molar-refractivity contribution in [1.82, 2.24) is 0 Å². The molecule has 2 atom stereocenters. The third-order valence-electron chi connectivity index (χ3n) is 4.46. The zero-order valence-electron chi connectivity index (χ0n) is 13.7. The van der Waals surface area contributed by atoms with Gasteiger partial charge < -0.3 is 10.1 Å². The van der Waals surface area contributed by atoms with Gasteiger partial charge in [-0.25, -0.2) is 4.39 Å². The molecule has 0 aromatic heterocycles. The van der Waals surface area contributed by atoms with Gasteiger partial charge in [-0.2, -0.15) is 0 Å². The van der Waals surface area contributed by atoms with Gasteiger partial charge >= 0.3 is 0 Å². The van der Waals surface area contributed by atoms with Gasteiger partial charge in [0.2, 0.25) is 0 Å². The highest BCUT2D eigenvalue weighted by atomic mass is 19.1. The summed E-state index contributed by atoms with van der Waals surface area (Å²) >= 11 is 0. The van der Waals surface area contributed by atoms with Crippen molar-refractivity contribution in [1.29, 1.82) is 0 Å². The Morgan fingerprint density at radius 2 is 1.95 bits per heavy atom. The molecule has 1 saturated carbocycles. The van der Waals surface area contributed by atoms with Crippen LogP contribution in [0.2, 0.25) is 0 Å². The zero-order valence-corrected chi connectivity index (χ0v) is 13.7. The number of ether oxygens (including phenoxy) is 1. The molecule has 0 aliphatic heterocycles. The molecule has 21 heavy (non-hydrogen) atoms. The first-order valence-electron chi connectivity index (χ1n) is 8.10. The third-order valence-corrected chi connectivity index (χ3v) is 4.46. The topological polar surface area (TPSA) is 21.3 Å². The summed E-state index contributed by atoms with van der Waals surface area (Å²) in [4.78, 5) is 0. The Hall–Kier alpha value is -1.25. The number of benzene rings is 1. The summed E-state index contributed by atoms with van der Waals surface area (Å²) in [5.41, 5.74) is 1.14. The predicted molar refractivity (Wildman–Crippen MR) is 86.4 cm³/mol. The quantitative estimate of drug-likeness (QED) is 0.819. The Balaban J connectivity index is 2.10. The molecule has 118 valence electrons. The van der Waals surface area contributed by atoms with Crippen LogP contribution in [0.5, 0.6) is 5.75 Å². The van der Waals surface area contributed by atoms with Crippen molar-refractivity contribution in [2.24, 2.45) is 11.3 Å². The van der Waals surface area contributed by atoms with E-state index in [0.29, 0.717) is 24.3 Å². The summed E-state index contributed by atoms with van der Waals surface area (Å²) in [6.07, 6.45) is 4.97. The molecule has 0 spiro atoms. The minimum absolute atomic E-state index is 0.280. The highest BCUT2D eigenvalue weighted by Gasteiger charge is 2.34. The van der Waals surface area contributed by atoms with Gasteiger partial charge in [0.05, 0.1) is 6.61 Å². The summed E-state index contributed by atoms with van der Waals surface area (Å²) in [5.74, 6) is 0.671. The maximum absolute atomic E-state index is 14.0. The first kappa shape index (κ1) is 16.1. The lowest BCUT2D eigenvalue weighted by atomic mass is 9.69. The van der Waals surface area contributed by atoms with Gasteiger partial charge in [0, 0.05) is 17.8 Å². The smallest absolute Gasteiger partial charge is 0.167 e. The maximum Gasteiger partial charge on any atom is 0.167 e. The zero-order chi connectivity index (χ0) is 15.5. The van der Waals surface area contributed by atoms with Gasteiger partial charge in [-0.3, -0.25) is 0 Å². The average Bonchev–Trinajstić information content (AvgIpc) is 2.41. The van der Waals surface area contributed by atoms with E-state index in [1.165, 1.54) is 19.3 Å². The Morgan fingerprint density at radius 3 is 2.57 bits per heavy atom. The fourth-order valence-corrected chi connectivity index (χ4v) is 3.42. The van der Waals surface area contributed by atoms with Crippen LogP contribution in [-0.4, -0.2) is 12.6 Å². The molecule has 0 heterocycles. The number of anilines is 1. The molecule has 2 unspecified atom stereocenters. The lowest BCUT2D eigenvalue weighted by Crippen LogP contribution is -2.39. The average molecular weight is 293 g/mol. The highest BCUT2D eigenvalue weighted by Crippen LogP contribution is 2.39. The molecule has 2 nitrogen and oxygen atoms in total. The van der Waals surface area contributed by atoms with Gasteiger partial charge in [0.15, 0.2) is 11.6 Å². The Morgan fingerprint density at radius 1 is 1.24 bits per heavy atom. The van der Waals surface area contributed by atoms with Crippen LogP contribution in [-0.2, 0) is 0 Å². The van der Waals surface area contributed by atoms with Crippen molar-refractivity contribution in [3.05, 3.63) is 24.0 Å². The minimum Gasteiger partial charge on any atom is -0.491 e. The van der Waals surface area contributed by atoms with E-state index in [4.69, 9.17) is 4.74 Å². The van der Waals surface area contributed by atoms with Gasteiger partial charge in [-0.1, -0.05) is 33.6 Å². The van der Waals surface area contributed by atoms with Crippen LogP contribution in [0.4, 0.5) is 10.1 Å². The summed E-state index contributed by atoms with van der Waals surface area (Å²) in [7, 11) is 0. The Kier molecular flexibility index (Phi) is 5.13. The molecule has 3 heteroatoms. The van der Waals surface area contributed by atoms with Crippen molar-refractivity contribution in [3.8, 4) is 5.75 Å². The molecule has 1 aromatic rings. The molecule has 1 aliphatic rings. The second-order valence-electron chi connectivity index (χ2n) is 7.09. The molecule has 0 amide bonds. The molecule has 0 radical (unpaired) electrons. The fourth-order valence-electron chi connectivity index (χ4n) is 3.42. The number of hydrogen-bond acceptors (Lipinski definition) is 2. The van der Waals surface area contributed by atoms with E-state index in [1.54, 1.807) is 12.1 Å². The van der Waals surface area contributed by atoms with E-state index in [9.17, 15) is 4.39 Å². The van der Waals surface area contributed by atoms with E-state index < -0.39 is 0 Å². The number of nitrogens with one attached hydrogen (secondary N) is 1. The molecular formula is C18H28FNO. The molecule has 2 rings (SSSR count). The van der Waals surface area contributed by atoms with E-state index >= 15 is 0 Å². The van der Waals surface area contributed by atoms with Gasteiger partial charge in [-0.05, 0) is 43.2 Å². The van der Waals surface area contributed by atoms with E-state index in [1.807, 2.05) is 13.0 Å². The highest BCUT2D eigenvalue weighted by molar-refractivity contribution is 5.48. The molecule has 0 bridgehead atoms. The Labute approximate surface area is 128 Å². The third kappa shape index (κ3) is 4.12. The summed E-state index contributed by atoms with van der Waals surface area (Å²) < 4.78 is 19.2. The largest absolute Gasteiger partial charge is 0.491 e. The van der Waals surface area contributed by atoms with Crippen LogP contribution >= 0.6 is 0 Å². The predicted octanol–water partition coefficient (Wildman–Crippen LogP) is 5.24. The lowest BCUT2D eigenvalue weighted by molar-refractivity contribution is 0.163. The molecule has 1 aliphatic carbocycles. The molecular weight excluding hydrogens is 265 g/mol. The second kappa shape index (κ2) is 6.67. The van der Waals surface area contributed by atoms with Crippen LogP contribution in [0.1, 0.15) is 53.4 Å². The summed E-state index contributed by atoms with van der Waals surface area (Å²) in [6, 6.07) is 5.62. The van der Waals surface area contributed by atoms with Crippen LogP contribution in [0, 0.1) is 17.2 Å². The van der Waals surface area contributed by atoms with Crippen molar-refractivity contribution in [3.63, 3.8) is 0 Å². The van der Waals surface area contributed by atoms with Crippen LogP contribution in [0.15, 0.2) is 18.2 Å². The van der Waals surface area contributed by atoms with E-state index in [-0.39, 0.29) is 11.2 Å². The van der Waals surface area contributed by atoms with Crippen LogP contribution < -0.4 is 10.1 Å². The van der Waals surface area contributed by atoms with Gasteiger partial charge in [0.1, 0.15) is 0 Å². The Bertz CT molecular complexity index is 467. The first-order chi connectivity index (χ1) is 9.91. The van der Waals surface area contributed by atoms with Crippen LogP contribution in [0.3, 0.4) is 0 Å². The lowest BCUT2D eigenvalue weighted by Gasteiger charge is -2.41. The molecule has 1 fully saturated rings. The second-order valence-corrected chi connectivity index (χ2v) is 7.09.